The number of para-hydroxylation sites is 1. The van der Waals surface area contributed by atoms with Crippen LogP contribution in [0.3, 0.4) is 0 Å². The summed E-state index contributed by atoms with van der Waals surface area (Å²) in [6, 6.07) is 15.9. The smallest absolute Gasteiger partial charge is 0.270 e. The predicted molar refractivity (Wildman–Crippen MR) is 114 cm³/mol. The number of hydrogen-bond acceptors (Lipinski definition) is 7. The van der Waals surface area contributed by atoms with Gasteiger partial charge in [0.05, 0.1) is 16.3 Å². The molecule has 0 aliphatic carbocycles. The van der Waals surface area contributed by atoms with Crippen LogP contribution in [0.5, 0.6) is 5.75 Å². The minimum Gasteiger partial charge on any atom is -0.508 e. The SMILES string of the molecule is O=C1[C@@H]2[C@@H](ON(c3ccccc3)[C@H]2c2cc([N+](=O)[O-])ccc2O)C(=O)N1c1ccc(F)cc1. The Bertz CT molecular complexity index is 1270. The van der Waals surface area contributed by atoms with Gasteiger partial charge in [-0.15, -0.1) is 0 Å². The average molecular weight is 449 g/mol. The van der Waals surface area contributed by atoms with Crippen LogP contribution in [0.2, 0.25) is 0 Å². The maximum atomic E-state index is 13.5. The molecule has 0 radical (unpaired) electrons. The van der Waals surface area contributed by atoms with Crippen LogP contribution in [-0.2, 0) is 14.4 Å². The molecule has 3 aromatic carbocycles. The Morgan fingerprint density at radius 1 is 0.939 bits per heavy atom. The molecule has 0 aromatic heterocycles. The summed E-state index contributed by atoms with van der Waals surface area (Å²) in [5, 5.41) is 23.3. The minimum absolute atomic E-state index is 0.0719. The average Bonchev–Trinajstić information content (AvgIpc) is 3.31. The van der Waals surface area contributed by atoms with Crippen molar-refractivity contribution >= 4 is 28.9 Å². The second kappa shape index (κ2) is 7.68. The fraction of sp³-hybridized carbons (Fsp3) is 0.130. The van der Waals surface area contributed by atoms with Crippen molar-refractivity contribution in [2.45, 2.75) is 12.1 Å². The molecule has 2 fully saturated rings. The number of non-ortho nitro benzene ring substituents is 1. The molecule has 3 aromatic rings. The summed E-state index contributed by atoms with van der Waals surface area (Å²) >= 11 is 0. The van der Waals surface area contributed by atoms with E-state index >= 15 is 0 Å². The van der Waals surface area contributed by atoms with Gasteiger partial charge >= 0.3 is 0 Å². The van der Waals surface area contributed by atoms with Crippen molar-refractivity contribution in [1.29, 1.82) is 0 Å². The van der Waals surface area contributed by atoms with Crippen molar-refractivity contribution in [3.8, 4) is 5.75 Å². The van der Waals surface area contributed by atoms with Crippen molar-refractivity contribution in [3.05, 3.63) is 94.3 Å². The van der Waals surface area contributed by atoms with Gasteiger partial charge < -0.3 is 5.11 Å². The summed E-state index contributed by atoms with van der Waals surface area (Å²) in [5.41, 5.74) is 0.462. The van der Waals surface area contributed by atoms with E-state index in [1.165, 1.54) is 29.3 Å². The van der Waals surface area contributed by atoms with Crippen LogP contribution in [0.4, 0.5) is 21.5 Å². The Kier molecular flexibility index (Phi) is 4.79. The van der Waals surface area contributed by atoms with Crippen LogP contribution in [-0.4, -0.2) is 27.9 Å². The summed E-state index contributed by atoms with van der Waals surface area (Å²) in [6.45, 7) is 0. The van der Waals surface area contributed by atoms with E-state index in [1.54, 1.807) is 30.3 Å². The van der Waals surface area contributed by atoms with Gasteiger partial charge in [-0.3, -0.25) is 24.5 Å². The molecular formula is C23H16FN3O6. The monoisotopic (exact) mass is 449 g/mol. The summed E-state index contributed by atoms with van der Waals surface area (Å²) in [4.78, 5) is 44.2. The van der Waals surface area contributed by atoms with E-state index < -0.39 is 40.6 Å². The maximum Gasteiger partial charge on any atom is 0.270 e. The Labute approximate surface area is 186 Å². The summed E-state index contributed by atoms with van der Waals surface area (Å²) < 4.78 is 13.4. The molecule has 0 bridgehead atoms. The van der Waals surface area contributed by atoms with Crippen molar-refractivity contribution in [2.75, 3.05) is 9.96 Å². The lowest BCUT2D eigenvalue weighted by Crippen LogP contribution is -2.37. The van der Waals surface area contributed by atoms with E-state index in [1.807, 2.05) is 0 Å². The van der Waals surface area contributed by atoms with Gasteiger partial charge in [0.25, 0.3) is 11.6 Å². The van der Waals surface area contributed by atoms with Gasteiger partial charge in [-0.1, -0.05) is 18.2 Å². The van der Waals surface area contributed by atoms with Gasteiger partial charge in [0.1, 0.15) is 23.5 Å². The summed E-state index contributed by atoms with van der Waals surface area (Å²) in [7, 11) is 0. The lowest BCUT2D eigenvalue weighted by Gasteiger charge is -2.29. The van der Waals surface area contributed by atoms with E-state index in [9.17, 15) is 29.2 Å². The second-order valence-corrected chi connectivity index (χ2v) is 7.65. The van der Waals surface area contributed by atoms with Crippen LogP contribution in [0, 0.1) is 21.8 Å². The third kappa shape index (κ3) is 3.28. The first kappa shape index (κ1) is 20.6. The highest BCUT2D eigenvalue weighted by atomic mass is 19.1. The maximum absolute atomic E-state index is 13.5. The number of nitro groups is 1. The largest absolute Gasteiger partial charge is 0.508 e. The normalized spacial score (nSPS) is 22.0. The lowest BCUT2D eigenvalue weighted by atomic mass is 9.89. The highest BCUT2D eigenvalue weighted by Crippen LogP contribution is 2.49. The molecule has 0 unspecified atom stereocenters. The zero-order valence-electron chi connectivity index (χ0n) is 16.9. The van der Waals surface area contributed by atoms with Crippen LogP contribution in [0.25, 0.3) is 0 Å². The first-order chi connectivity index (χ1) is 15.9. The second-order valence-electron chi connectivity index (χ2n) is 7.65. The van der Waals surface area contributed by atoms with Crippen molar-refractivity contribution < 1.29 is 28.8 Å². The number of halogens is 1. The molecule has 0 saturated carbocycles. The molecule has 10 heteroatoms. The number of phenols is 1. The molecular weight excluding hydrogens is 433 g/mol. The van der Waals surface area contributed by atoms with Crippen molar-refractivity contribution in [1.82, 2.24) is 0 Å². The van der Waals surface area contributed by atoms with E-state index in [4.69, 9.17) is 4.84 Å². The Morgan fingerprint density at radius 3 is 2.30 bits per heavy atom. The van der Waals surface area contributed by atoms with Gasteiger partial charge in [0.15, 0.2) is 6.10 Å². The molecule has 166 valence electrons. The molecule has 2 aliphatic rings. The molecule has 2 amide bonds. The number of nitrogens with zero attached hydrogens (tertiary/aromatic N) is 3. The first-order valence-corrected chi connectivity index (χ1v) is 9.98. The summed E-state index contributed by atoms with van der Waals surface area (Å²) in [6.07, 6.45) is -1.23. The van der Waals surface area contributed by atoms with Crippen LogP contribution >= 0.6 is 0 Å². The number of aromatic hydroxyl groups is 1. The number of carbonyl (C=O) groups is 2. The fourth-order valence-electron chi connectivity index (χ4n) is 4.27. The number of hydroxylamine groups is 1. The standard InChI is InChI=1S/C23H16FN3O6/c24-13-6-8-14(9-7-13)25-22(29)19-20(17-12-16(27(31)32)10-11-18(17)28)26(33-21(19)23(25)30)15-4-2-1-3-5-15/h1-12,19-21,28H/t19-,20-,21+/m0/s1. The molecule has 5 rings (SSSR count). The molecule has 0 spiro atoms. The quantitative estimate of drug-likeness (QED) is 0.369. The highest BCUT2D eigenvalue weighted by Gasteiger charge is 2.60. The number of benzene rings is 3. The van der Waals surface area contributed by atoms with E-state index in [-0.39, 0.29) is 22.7 Å². The number of phenolic OH excluding ortho intramolecular Hbond substituents is 1. The number of imide groups is 1. The number of rotatable bonds is 4. The third-order valence-electron chi connectivity index (χ3n) is 5.75. The van der Waals surface area contributed by atoms with Crippen LogP contribution in [0.15, 0.2) is 72.8 Å². The number of amides is 2. The third-order valence-corrected chi connectivity index (χ3v) is 5.75. The summed E-state index contributed by atoms with van der Waals surface area (Å²) in [5.74, 6) is -3.17. The lowest BCUT2D eigenvalue weighted by molar-refractivity contribution is -0.385. The highest BCUT2D eigenvalue weighted by molar-refractivity contribution is 6.23. The molecule has 33 heavy (non-hydrogen) atoms. The van der Waals surface area contributed by atoms with Crippen molar-refractivity contribution in [2.24, 2.45) is 5.92 Å². The van der Waals surface area contributed by atoms with E-state index in [2.05, 4.69) is 0 Å². The van der Waals surface area contributed by atoms with Gasteiger partial charge in [-0.2, -0.15) is 0 Å². The van der Waals surface area contributed by atoms with E-state index in [0.717, 1.165) is 23.1 Å². The molecule has 2 heterocycles. The Morgan fingerprint density at radius 2 is 1.64 bits per heavy atom. The minimum atomic E-state index is -1.23. The van der Waals surface area contributed by atoms with Gasteiger partial charge in [-0.05, 0) is 42.5 Å². The number of hydrogen-bond donors (Lipinski definition) is 1. The van der Waals surface area contributed by atoms with Crippen LogP contribution < -0.4 is 9.96 Å². The molecule has 9 nitrogen and oxygen atoms in total. The Hall–Kier alpha value is -4.31. The zero-order valence-corrected chi connectivity index (χ0v) is 16.9. The number of nitro benzene ring substituents is 1. The van der Waals surface area contributed by atoms with Crippen molar-refractivity contribution in [3.63, 3.8) is 0 Å². The number of fused-ring (bicyclic) bond motifs is 1. The van der Waals surface area contributed by atoms with Gasteiger partial charge in [0.2, 0.25) is 5.91 Å². The number of carbonyl (C=O) groups excluding carboxylic acids is 2. The predicted octanol–water partition coefficient (Wildman–Crippen LogP) is 3.49. The molecule has 2 saturated heterocycles. The fourth-order valence-corrected chi connectivity index (χ4v) is 4.27. The first-order valence-electron chi connectivity index (χ1n) is 9.98. The van der Waals surface area contributed by atoms with Gasteiger partial charge in [0, 0.05) is 17.7 Å². The molecule has 2 aliphatic heterocycles. The van der Waals surface area contributed by atoms with Gasteiger partial charge in [-0.25, -0.2) is 14.4 Å². The molecule has 1 N–H and O–H groups in total. The zero-order chi connectivity index (χ0) is 23.3. The van der Waals surface area contributed by atoms with Crippen LogP contribution in [0.1, 0.15) is 11.6 Å². The Balaban J connectivity index is 1.63. The molecule has 3 atom stereocenters. The van der Waals surface area contributed by atoms with E-state index in [0.29, 0.717) is 5.69 Å². The topological polar surface area (TPSA) is 113 Å². The number of anilines is 2.